The van der Waals surface area contributed by atoms with Crippen molar-refractivity contribution < 1.29 is 0 Å². The fraction of sp³-hybridized carbons (Fsp3) is 0.308. The summed E-state index contributed by atoms with van der Waals surface area (Å²) in [5.74, 6) is 0.331. The monoisotopic (exact) mass is 292 g/mol. The van der Waals surface area contributed by atoms with E-state index in [9.17, 15) is 9.59 Å². The van der Waals surface area contributed by atoms with Gasteiger partial charge < -0.3 is 4.90 Å². The molecule has 0 atom stereocenters. The summed E-state index contributed by atoms with van der Waals surface area (Å²) in [4.78, 5) is 31.0. The third-order valence-electron chi connectivity index (χ3n) is 2.90. The minimum Gasteiger partial charge on any atom is -0.348 e. The zero-order chi connectivity index (χ0) is 14.9. The zero-order valence-corrected chi connectivity index (χ0v) is 12.6. The first-order valence-corrected chi connectivity index (χ1v) is 7.20. The highest BCUT2D eigenvalue weighted by Crippen LogP contribution is 2.15. The van der Waals surface area contributed by atoms with Crippen molar-refractivity contribution in [1.29, 1.82) is 0 Å². The highest BCUT2D eigenvalue weighted by molar-refractivity contribution is 7.98. The van der Waals surface area contributed by atoms with Gasteiger partial charge in [-0.2, -0.15) is 4.98 Å². The lowest BCUT2D eigenvalue weighted by Crippen LogP contribution is -2.42. The molecule has 0 aliphatic rings. The van der Waals surface area contributed by atoms with E-state index in [0.717, 1.165) is 9.46 Å². The number of benzene rings is 1. The third-order valence-corrected chi connectivity index (χ3v) is 3.64. The standard InChI is InChI=1S/C13H16N4O2S/c1-15(2)11-14-12(18)17(13(19)16(11)3)9-5-7-10(20-4)8-6-9/h5-8H,1-4H3. The predicted molar refractivity (Wildman–Crippen MR) is 81.2 cm³/mol. The lowest BCUT2D eigenvalue weighted by Gasteiger charge is -2.16. The molecule has 7 heteroatoms. The number of nitrogens with zero attached hydrogens (tertiary/aromatic N) is 4. The molecule has 0 saturated heterocycles. The second-order valence-electron chi connectivity index (χ2n) is 4.46. The number of rotatable bonds is 3. The SMILES string of the molecule is CSc1ccc(-n2c(=O)nc(N(C)C)n(C)c2=O)cc1. The van der Waals surface area contributed by atoms with Crippen LogP contribution >= 0.6 is 11.8 Å². The van der Waals surface area contributed by atoms with E-state index in [1.165, 1.54) is 4.57 Å². The molecule has 1 heterocycles. The lowest BCUT2D eigenvalue weighted by molar-refractivity contribution is 0.683. The van der Waals surface area contributed by atoms with E-state index in [0.29, 0.717) is 11.6 Å². The molecule has 1 aromatic heterocycles. The van der Waals surface area contributed by atoms with E-state index in [-0.39, 0.29) is 0 Å². The maximum Gasteiger partial charge on any atom is 0.359 e. The van der Waals surface area contributed by atoms with Gasteiger partial charge >= 0.3 is 11.4 Å². The summed E-state index contributed by atoms with van der Waals surface area (Å²) >= 11 is 1.60. The van der Waals surface area contributed by atoms with Crippen LogP contribution in [0.25, 0.3) is 5.69 Å². The lowest BCUT2D eigenvalue weighted by atomic mass is 10.3. The van der Waals surface area contributed by atoms with E-state index >= 15 is 0 Å². The van der Waals surface area contributed by atoms with Crippen molar-refractivity contribution in [3.05, 3.63) is 45.2 Å². The van der Waals surface area contributed by atoms with Gasteiger partial charge in [-0.25, -0.2) is 14.2 Å². The van der Waals surface area contributed by atoms with E-state index in [4.69, 9.17) is 0 Å². The fourth-order valence-corrected chi connectivity index (χ4v) is 2.29. The molecule has 0 bridgehead atoms. The van der Waals surface area contributed by atoms with Gasteiger partial charge in [-0.1, -0.05) is 0 Å². The van der Waals surface area contributed by atoms with Crippen molar-refractivity contribution in [2.45, 2.75) is 4.90 Å². The van der Waals surface area contributed by atoms with Crippen LogP contribution in [-0.2, 0) is 7.05 Å². The van der Waals surface area contributed by atoms with E-state index in [1.807, 2.05) is 18.4 Å². The predicted octanol–water partition coefficient (Wildman–Crippen LogP) is 0.719. The summed E-state index contributed by atoms with van der Waals surface area (Å²) in [7, 11) is 5.06. The molecular formula is C13H16N4O2S. The van der Waals surface area contributed by atoms with Crippen molar-refractivity contribution >= 4 is 17.7 Å². The first-order valence-electron chi connectivity index (χ1n) is 5.97. The Bertz CT molecular complexity index is 732. The second-order valence-corrected chi connectivity index (χ2v) is 5.34. The molecule has 0 aliphatic carbocycles. The molecule has 2 aromatic rings. The van der Waals surface area contributed by atoms with Crippen LogP contribution in [0.2, 0.25) is 0 Å². The highest BCUT2D eigenvalue weighted by atomic mass is 32.2. The van der Waals surface area contributed by atoms with Crippen LogP contribution in [0.3, 0.4) is 0 Å². The Morgan fingerprint density at radius 2 is 1.75 bits per heavy atom. The Kier molecular flexibility index (Phi) is 3.99. The summed E-state index contributed by atoms with van der Waals surface area (Å²) in [6, 6.07) is 7.22. The molecule has 0 amide bonds. The van der Waals surface area contributed by atoms with Gasteiger partial charge in [0.15, 0.2) is 0 Å². The molecule has 6 nitrogen and oxygen atoms in total. The molecule has 106 valence electrons. The Hall–Kier alpha value is -2.02. The molecule has 0 unspecified atom stereocenters. The second kappa shape index (κ2) is 5.54. The molecule has 0 saturated carbocycles. The van der Waals surface area contributed by atoms with Crippen molar-refractivity contribution in [1.82, 2.24) is 14.1 Å². The molecule has 0 fully saturated rings. The zero-order valence-electron chi connectivity index (χ0n) is 11.8. The van der Waals surface area contributed by atoms with Gasteiger partial charge in [0.1, 0.15) is 0 Å². The smallest absolute Gasteiger partial charge is 0.348 e. The maximum absolute atomic E-state index is 12.3. The molecule has 20 heavy (non-hydrogen) atoms. The number of thioether (sulfide) groups is 1. The minimum absolute atomic E-state index is 0.331. The van der Waals surface area contributed by atoms with Gasteiger partial charge in [-0.05, 0) is 30.5 Å². The van der Waals surface area contributed by atoms with Crippen LogP contribution in [0.4, 0.5) is 5.95 Å². The average Bonchev–Trinajstić information content (AvgIpc) is 2.43. The third kappa shape index (κ3) is 2.49. The number of aromatic nitrogens is 3. The minimum atomic E-state index is -0.575. The normalized spacial score (nSPS) is 10.6. The topological polar surface area (TPSA) is 60.1 Å². The van der Waals surface area contributed by atoms with E-state index < -0.39 is 11.4 Å². The van der Waals surface area contributed by atoms with Crippen molar-refractivity contribution in [3.63, 3.8) is 0 Å². The fourth-order valence-electron chi connectivity index (χ4n) is 1.88. The Labute approximate surface area is 120 Å². The molecule has 1 aromatic carbocycles. The van der Waals surface area contributed by atoms with Crippen molar-refractivity contribution in [2.75, 3.05) is 25.3 Å². The largest absolute Gasteiger partial charge is 0.359 e. The maximum atomic E-state index is 12.3. The van der Waals surface area contributed by atoms with Crippen LogP contribution in [0.1, 0.15) is 0 Å². The summed E-state index contributed by atoms with van der Waals surface area (Å²) in [6.45, 7) is 0. The summed E-state index contributed by atoms with van der Waals surface area (Å²) in [5, 5.41) is 0. The van der Waals surface area contributed by atoms with Gasteiger partial charge in [0, 0.05) is 26.0 Å². The molecular weight excluding hydrogens is 276 g/mol. The highest BCUT2D eigenvalue weighted by Gasteiger charge is 2.12. The molecule has 2 rings (SSSR count). The number of hydrogen-bond donors (Lipinski definition) is 0. The molecule has 0 spiro atoms. The van der Waals surface area contributed by atoms with Crippen LogP contribution in [-0.4, -0.2) is 34.5 Å². The van der Waals surface area contributed by atoms with Gasteiger partial charge in [0.05, 0.1) is 5.69 Å². The van der Waals surface area contributed by atoms with E-state index in [2.05, 4.69) is 4.98 Å². The first kappa shape index (κ1) is 14.4. The van der Waals surface area contributed by atoms with Gasteiger partial charge in [0.25, 0.3) is 0 Å². The molecule has 0 N–H and O–H groups in total. The quantitative estimate of drug-likeness (QED) is 0.780. The average molecular weight is 292 g/mol. The van der Waals surface area contributed by atoms with Gasteiger partial charge in [0.2, 0.25) is 5.95 Å². The Balaban J connectivity index is 2.66. The number of hydrogen-bond acceptors (Lipinski definition) is 5. The Morgan fingerprint density at radius 3 is 2.25 bits per heavy atom. The molecule has 0 radical (unpaired) electrons. The summed E-state index contributed by atoms with van der Waals surface area (Å²) < 4.78 is 2.42. The summed E-state index contributed by atoms with van der Waals surface area (Å²) in [6.07, 6.45) is 1.97. The van der Waals surface area contributed by atoms with Crippen LogP contribution in [0.5, 0.6) is 0 Å². The summed E-state index contributed by atoms with van der Waals surface area (Å²) in [5.41, 5.74) is -0.467. The van der Waals surface area contributed by atoms with Gasteiger partial charge in [-0.15, -0.1) is 11.8 Å². The van der Waals surface area contributed by atoms with Gasteiger partial charge in [-0.3, -0.25) is 4.57 Å². The van der Waals surface area contributed by atoms with E-state index in [1.54, 1.807) is 49.9 Å². The van der Waals surface area contributed by atoms with Crippen LogP contribution in [0, 0.1) is 0 Å². The van der Waals surface area contributed by atoms with Crippen molar-refractivity contribution in [2.24, 2.45) is 7.05 Å². The van der Waals surface area contributed by atoms with Crippen LogP contribution < -0.4 is 16.3 Å². The van der Waals surface area contributed by atoms with Crippen LogP contribution in [0.15, 0.2) is 38.8 Å². The van der Waals surface area contributed by atoms with Crippen molar-refractivity contribution in [3.8, 4) is 5.69 Å². The Morgan fingerprint density at radius 1 is 1.15 bits per heavy atom. The number of anilines is 1. The first-order chi connectivity index (χ1) is 9.45. The molecule has 0 aliphatic heterocycles.